The van der Waals surface area contributed by atoms with Gasteiger partial charge in [-0.05, 0) is 23.8 Å². The van der Waals surface area contributed by atoms with E-state index < -0.39 is 34.4 Å². The fourth-order valence-corrected chi connectivity index (χ4v) is 2.49. The summed E-state index contributed by atoms with van der Waals surface area (Å²) >= 11 is 0. The SMILES string of the molecule is Nc1[nH]c(=O)c(C(=O)O)c(-c2cccc(Oc3ncccn3)c2)c1C(=O)O. The van der Waals surface area contributed by atoms with Crippen LogP contribution in [-0.2, 0) is 0 Å². The molecule has 0 spiro atoms. The number of nitrogen functional groups attached to an aromatic ring is 1. The molecule has 0 aliphatic heterocycles. The number of H-pyrrole nitrogens is 1. The van der Waals surface area contributed by atoms with Gasteiger partial charge in [0.05, 0.1) is 0 Å². The molecule has 0 amide bonds. The number of rotatable bonds is 5. The highest BCUT2D eigenvalue weighted by Crippen LogP contribution is 2.32. The molecule has 0 saturated carbocycles. The van der Waals surface area contributed by atoms with Gasteiger partial charge < -0.3 is 25.7 Å². The monoisotopic (exact) mass is 368 g/mol. The van der Waals surface area contributed by atoms with Crippen molar-refractivity contribution in [3.8, 4) is 22.9 Å². The molecule has 27 heavy (non-hydrogen) atoms. The maximum atomic E-state index is 12.1. The zero-order chi connectivity index (χ0) is 19.6. The van der Waals surface area contributed by atoms with E-state index in [9.17, 15) is 24.6 Å². The van der Waals surface area contributed by atoms with Crippen LogP contribution in [0.2, 0.25) is 0 Å². The van der Waals surface area contributed by atoms with Gasteiger partial charge in [0.25, 0.3) is 5.56 Å². The minimum absolute atomic E-state index is 0.0389. The maximum absolute atomic E-state index is 12.1. The summed E-state index contributed by atoms with van der Waals surface area (Å²) < 4.78 is 5.47. The molecule has 10 nitrogen and oxygen atoms in total. The van der Waals surface area contributed by atoms with E-state index in [2.05, 4.69) is 9.97 Å². The van der Waals surface area contributed by atoms with Crippen LogP contribution in [0.1, 0.15) is 20.7 Å². The predicted molar refractivity (Wildman–Crippen MR) is 92.9 cm³/mol. The van der Waals surface area contributed by atoms with E-state index in [0.29, 0.717) is 0 Å². The molecule has 0 bridgehead atoms. The van der Waals surface area contributed by atoms with Gasteiger partial charge in [0, 0.05) is 18.0 Å². The third kappa shape index (κ3) is 3.44. The molecule has 10 heteroatoms. The Bertz CT molecular complexity index is 1090. The first kappa shape index (κ1) is 17.6. The van der Waals surface area contributed by atoms with Crippen LogP contribution in [0, 0.1) is 0 Å². The van der Waals surface area contributed by atoms with Crippen LogP contribution in [0.4, 0.5) is 5.82 Å². The summed E-state index contributed by atoms with van der Waals surface area (Å²) in [6.07, 6.45) is 2.93. The highest BCUT2D eigenvalue weighted by Gasteiger charge is 2.26. The Morgan fingerprint density at radius 2 is 1.70 bits per heavy atom. The number of hydrogen-bond acceptors (Lipinski definition) is 7. The molecule has 0 aliphatic carbocycles. The molecule has 0 aliphatic rings. The number of pyridine rings is 1. The lowest BCUT2D eigenvalue weighted by Gasteiger charge is -2.13. The van der Waals surface area contributed by atoms with Crippen molar-refractivity contribution in [1.82, 2.24) is 15.0 Å². The minimum atomic E-state index is -1.59. The molecule has 5 N–H and O–H groups in total. The second-order valence-electron chi connectivity index (χ2n) is 5.26. The average molecular weight is 368 g/mol. The molecule has 1 aromatic carbocycles. The van der Waals surface area contributed by atoms with Crippen molar-refractivity contribution in [3.63, 3.8) is 0 Å². The van der Waals surface area contributed by atoms with E-state index in [0.717, 1.165) is 0 Å². The van der Waals surface area contributed by atoms with Crippen molar-refractivity contribution in [2.75, 3.05) is 5.73 Å². The Kier molecular flexibility index (Phi) is 4.54. The van der Waals surface area contributed by atoms with Gasteiger partial charge in [-0.1, -0.05) is 12.1 Å². The van der Waals surface area contributed by atoms with Crippen molar-refractivity contribution in [2.45, 2.75) is 0 Å². The Labute approximate surface area is 150 Å². The number of nitrogens with one attached hydrogen (secondary N) is 1. The molecule has 0 unspecified atom stereocenters. The van der Waals surface area contributed by atoms with E-state index >= 15 is 0 Å². The van der Waals surface area contributed by atoms with Crippen LogP contribution < -0.4 is 16.0 Å². The number of anilines is 1. The quantitative estimate of drug-likeness (QED) is 0.522. The molecule has 136 valence electrons. The predicted octanol–water partition coefficient (Wildman–Crippen LogP) is 1.60. The van der Waals surface area contributed by atoms with Gasteiger partial charge in [-0.25, -0.2) is 19.6 Å². The minimum Gasteiger partial charge on any atom is -0.478 e. The molecular formula is C17H12N4O6. The van der Waals surface area contributed by atoms with Crippen LogP contribution in [0.5, 0.6) is 11.8 Å². The Morgan fingerprint density at radius 3 is 2.33 bits per heavy atom. The van der Waals surface area contributed by atoms with Crippen LogP contribution in [0.3, 0.4) is 0 Å². The zero-order valence-corrected chi connectivity index (χ0v) is 13.5. The first-order valence-corrected chi connectivity index (χ1v) is 7.46. The lowest BCUT2D eigenvalue weighted by Crippen LogP contribution is -2.24. The largest absolute Gasteiger partial charge is 0.478 e. The van der Waals surface area contributed by atoms with Crippen LogP contribution in [0.25, 0.3) is 11.1 Å². The third-order valence-corrected chi connectivity index (χ3v) is 3.55. The highest BCUT2D eigenvalue weighted by molar-refractivity contribution is 6.07. The summed E-state index contributed by atoms with van der Waals surface area (Å²) in [5.74, 6) is -3.32. The number of aromatic carboxylic acids is 2. The molecular weight excluding hydrogens is 356 g/mol. The summed E-state index contributed by atoms with van der Waals surface area (Å²) in [7, 11) is 0. The number of benzene rings is 1. The molecule has 0 fully saturated rings. The van der Waals surface area contributed by atoms with Crippen molar-refractivity contribution in [1.29, 1.82) is 0 Å². The van der Waals surface area contributed by atoms with Crippen molar-refractivity contribution >= 4 is 17.8 Å². The number of hydrogen-bond donors (Lipinski definition) is 4. The fourth-order valence-electron chi connectivity index (χ4n) is 2.49. The molecule has 0 radical (unpaired) electrons. The van der Waals surface area contributed by atoms with Crippen LogP contribution in [0.15, 0.2) is 47.5 Å². The molecule has 2 heterocycles. The average Bonchev–Trinajstić information content (AvgIpc) is 2.61. The van der Waals surface area contributed by atoms with Crippen molar-refractivity contribution in [3.05, 3.63) is 64.2 Å². The second kappa shape index (κ2) is 6.96. The first-order valence-electron chi connectivity index (χ1n) is 7.46. The number of ether oxygens (including phenoxy) is 1. The van der Waals surface area contributed by atoms with Gasteiger partial charge in [0.1, 0.15) is 22.7 Å². The standard InChI is InChI=1S/C17H12N4O6/c18-13-11(15(23)24)10(12(16(25)26)14(22)21-13)8-3-1-4-9(7-8)27-17-19-5-2-6-20-17/h1-7H,(H,23,24)(H,25,26)(H3,18,21,22). The van der Waals surface area contributed by atoms with Crippen molar-refractivity contribution in [2.24, 2.45) is 0 Å². The van der Waals surface area contributed by atoms with Gasteiger partial charge >= 0.3 is 17.9 Å². The first-order chi connectivity index (χ1) is 12.9. The molecule has 0 atom stereocenters. The zero-order valence-electron chi connectivity index (χ0n) is 13.5. The van der Waals surface area contributed by atoms with Gasteiger partial charge in [0.15, 0.2) is 0 Å². The molecule has 0 saturated heterocycles. The van der Waals surface area contributed by atoms with E-state index in [-0.39, 0.29) is 22.9 Å². The maximum Gasteiger partial charge on any atom is 0.342 e. The highest BCUT2D eigenvalue weighted by atomic mass is 16.5. The molecule has 3 aromatic rings. The number of carboxylic acids is 2. The smallest absolute Gasteiger partial charge is 0.342 e. The van der Waals surface area contributed by atoms with Crippen LogP contribution in [-0.4, -0.2) is 37.1 Å². The van der Waals surface area contributed by atoms with E-state index in [4.69, 9.17) is 10.5 Å². The van der Waals surface area contributed by atoms with E-state index in [1.807, 2.05) is 4.98 Å². The van der Waals surface area contributed by atoms with Crippen molar-refractivity contribution < 1.29 is 24.5 Å². The van der Waals surface area contributed by atoms with Gasteiger partial charge in [0.2, 0.25) is 0 Å². The summed E-state index contributed by atoms with van der Waals surface area (Å²) in [6, 6.07) is 7.48. The Hall–Kier alpha value is -4.21. The fraction of sp³-hybridized carbons (Fsp3) is 0. The van der Waals surface area contributed by atoms with Crippen LogP contribution >= 0.6 is 0 Å². The lowest BCUT2D eigenvalue weighted by molar-refractivity contribution is 0.0695. The second-order valence-corrected chi connectivity index (χ2v) is 5.26. The van der Waals surface area contributed by atoms with Gasteiger partial charge in [-0.15, -0.1) is 0 Å². The molecule has 2 aromatic heterocycles. The summed E-state index contributed by atoms with van der Waals surface area (Å²) in [5, 5.41) is 18.9. The topological polar surface area (TPSA) is 168 Å². The number of aromatic nitrogens is 3. The number of carbonyl (C=O) groups is 2. The van der Waals surface area contributed by atoms with E-state index in [1.165, 1.54) is 36.7 Å². The van der Waals surface area contributed by atoms with E-state index in [1.54, 1.807) is 6.07 Å². The third-order valence-electron chi connectivity index (χ3n) is 3.55. The normalized spacial score (nSPS) is 10.4. The number of nitrogens with zero attached hydrogens (tertiary/aromatic N) is 2. The van der Waals surface area contributed by atoms with Gasteiger partial charge in [-0.3, -0.25) is 4.79 Å². The number of aromatic amines is 1. The summed E-state index contributed by atoms with van der Waals surface area (Å²) in [5.41, 5.74) is 3.12. The molecule has 3 rings (SSSR count). The van der Waals surface area contributed by atoms with Gasteiger partial charge in [-0.2, -0.15) is 0 Å². The number of nitrogens with two attached hydrogens (primary N) is 1. The number of carboxylic acid groups (broad SMARTS) is 2. The summed E-state index contributed by atoms with van der Waals surface area (Å²) in [4.78, 5) is 45.1. The Morgan fingerprint density at radius 1 is 1.04 bits per heavy atom. The lowest BCUT2D eigenvalue weighted by atomic mass is 9.95. The Balaban J connectivity index is 2.22. The summed E-state index contributed by atoms with van der Waals surface area (Å²) in [6.45, 7) is 0.